The molecule has 2 aromatic rings. The van der Waals surface area contributed by atoms with E-state index < -0.39 is 6.61 Å². The van der Waals surface area contributed by atoms with E-state index in [1.54, 1.807) is 20.2 Å². The summed E-state index contributed by atoms with van der Waals surface area (Å²) >= 11 is 5.94. The van der Waals surface area contributed by atoms with Crippen molar-refractivity contribution in [1.29, 1.82) is 0 Å². The molecule has 0 spiro atoms. The summed E-state index contributed by atoms with van der Waals surface area (Å²) in [7, 11) is 3.23. The van der Waals surface area contributed by atoms with Crippen LogP contribution in [0.1, 0.15) is 11.1 Å². The molecule has 0 unspecified atom stereocenters. The Balaban J connectivity index is 0.00000364. The number of benzene rings is 2. The average molecular weight is 512 g/mol. The van der Waals surface area contributed by atoms with Crippen LogP contribution in [0.15, 0.2) is 47.5 Å². The number of hydrogen-bond donors (Lipinski definition) is 2. The smallest absolute Gasteiger partial charge is 0.387 e. The molecule has 9 heteroatoms. The Hall–Kier alpha value is -1.81. The molecule has 0 atom stereocenters. The molecule has 0 saturated heterocycles. The molecule has 27 heavy (non-hydrogen) atoms. The summed E-state index contributed by atoms with van der Waals surface area (Å²) in [5.41, 5.74) is 1.51. The minimum atomic E-state index is -2.90. The van der Waals surface area contributed by atoms with Gasteiger partial charge in [-0.1, -0.05) is 23.7 Å². The van der Waals surface area contributed by atoms with Crippen LogP contribution in [0.2, 0.25) is 5.02 Å². The van der Waals surface area contributed by atoms with Gasteiger partial charge in [-0.15, -0.1) is 24.0 Å². The highest BCUT2D eigenvalue weighted by Crippen LogP contribution is 2.24. The van der Waals surface area contributed by atoms with Crippen LogP contribution in [-0.2, 0) is 13.1 Å². The third-order valence-electron chi connectivity index (χ3n) is 3.50. The number of aliphatic imine (C=N–C) groups is 1. The normalized spacial score (nSPS) is 11.0. The average Bonchev–Trinajstić information content (AvgIpc) is 2.63. The van der Waals surface area contributed by atoms with E-state index in [4.69, 9.17) is 16.3 Å². The Labute approximate surface area is 179 Å². The Kier molecular flexibility index (Phi) is 10.2. The van der Waals surface area contributed by atoms with Gasteiger partial charge in [-0.3, -0.25) is 4.99 Å². The van der Waals surface area contributed by atoms with Crippen molar-refractivity contribution in [3.63, 3.8) is 0 Å². The first kappa shape index (κ1) is 23.2. The van der Waals surface area contributed by atoms with Crippen LogP contribution in [0.4, 0.5) is 8.78 Å². The Morgan fingerprint density at radius 3 is 2.56 bits per heavy atom. The number of rotatable bonds is 7. The van der Waals surface area contributed by atoms with Gasteiger partial charge in [0.2, 0.25) is 0 Å². The van der Waals surface area contributed by atoms with Crippen molar-refractivity contribution >= 4 is 41.5 Å². The molecule has 0 aromatic heterocycles. The van der Waals surface area contributed by atoms with Crippen molar-refractivity contribution in [3.05, 3.63) is 58.6 Å². The number of guanidine groups is 1. The van der Waals surface area contributed by atoms with Gasteiger partial charge in [-0.2, -0.15) is 8.78 Å². The quantitative estimate of drug-likeness (QED) is 0.328. The minimum absolute atomic E-state index is 0. The fourth-order valence-corrected chi connectivity index (χ4v) is 2.46. The van der Waals surface area contributed by atoms with Crippen molar-refractivity contribution in [1.82, 2.24) is 10.6 Å². The minimum Gasteiger partial charge on any atom is -0.497 e. The standard InChI is InChI=1S/C18H20ClF2N3O2.HI/c1-22-18(23-10-12-4-3-5-15(8-12)25-2)24-11-13-9-14(19)6-7-16(13)26-17(20)21;/h3-9,17H,10-11H2,1-2H3,(H2,22,23,24);1H. The van der Waals surface area contributed by atoms with Crippen molar-refractivity contribution < 1.29 is 18.3 Å². The van der Waals surface area contributed by atoms with Crippen molar-refractivity contribution in [2.24, 2.45) is 4.99 Å². The number of hydrogen-bond acceptors (Lipinski definition) is 3. The second-order valence-electron chi connectivity index (χ2n) is 5.26. The highest BCUT2D eigenvalue weighted by Gasteiger charge is 2.11. The first-order valence-electron chi connectivity index (χ1n) is 7.82. The second kappa shape index (κ2) is 11.8. The third-order valence-corrected chi connectivity index (χ3v) is 3.74. The zero-order valence-electron chi connectivity index (χ0n) is 14.8. The number of ether oxygens (including phenoxy) is 2. The molecule has 0 saturated carbocycles. The molecule has 2 aromatic carbocycles. The van der Waals surface area contributed by atoms with Gasteiger partial charge in [0, 0.05) is 30.7 Å². The first-order valence-corrected chi connectivity index (χ1v) is 8.20. The van der Waals surface area contributed by atoms with Crippen LogP contribution in [0.5, 0.6) is 11.5 Å². The summed E-state index contributed by atoms with van der Waals surface area (Å²) in [6.07, 6.45) is 0. The molecule has 5 nitrogen and oxygen atoms in total. The van der Waals surface area contributed by atoms with E-state index in [9.17, 15) is 8.78 Å². The van der Waals surface area contributed by atoms with Crippen molar-refractivity contribution in [2.45, 2.75) is 19.7 Å². The number of nitrogens with one attached hydrogen (secondary N) is 2. The maximum atomic E-state index is 12.5. The van der Waals surface area contributed by atoms with Crippen LogP contribution < -0.4 is 20.1 Å². The SMILES string of the molecule is CN=C(NCc1cccc(OC)c1)NCc1cc(Cl)ccc1OC(F)F.I. The van der Waals surface area contributed by atoms with Gasteiger partial charge in [0.1, 0.15) is 11.5 Å². The predicted molar refractivity (Wildman–Crippen MR) is 114 cm³/mol. The molecule has 0 aliphatic carbocycles. The highest BCUT2D eigenvalue weighted by atomic mass is 127. The lowest BCUT2D eigenvalue weighted by Gasteiger charge is -2.15. The van der Waals surface area contributed by atoms with E-state index in [0.29, 0.717) is 23.1 Å². The van der Waals surface area contributed by atoms with E-state index in [-0.39, 0.29) is 36.3 Å². The van der Waals surface area contributed by atoms with Crippen molar-refractivity contribution in [2.75, 3.05) is 14.2 Å². The van der Waals surface area contributed by atoms with E-state index in [2.05, 4.69) is 20.4 Å². The largest absolute Gasteiger partial charge is 0.497 e. The highest BCUT2D eigenvalue weighted by molar-refractivity contribution is 14.0. The summed E-state index contributed by atoms with van der Waals surface area (Å²) in [6.45, 7) is -2.16. The lowest BCUT2D eigenvalue weighted by molar-refractivity contribution is -0.0504. The summed E-state index contributed by atoms with van der Waals surface area (Å²) in [4.78, 5) is 4.12. The molecule has 0 fully saturated rings. The van der Waals surface area contributed by atoms with Gasteiger partial charge in [0.05, 0.1) is 7.11 Å². The van der Waals surface area contributed by atoms with E-state index >= 15 is 0 Å². The molecule has 0 bridgehead atoms. The van der Waals surface area contributed by atoms with Gasteiger partial charge < -0.3 is 20.1 Å². The van der Waals surface area contributed by atoms with Crippen LogP contribution in [0, 0.1) is 0 Å². The zero-order chi connectivity index (χ0) is 18.9. The topological polar surface area (TPSA) is 54.9 Å². The molecule has 0 heterocycles. The number of nitrogens with zero attached hydrogens (tertiary/aromatic N) is 1. The van der Waals surface area contributed by atoms with Crippen LogP contribution in [-0.4, -0.2) is 26.7 Å². The lowest BCUT2D eigenvalue weighted by atomic mass is 10.2. The van der Waals surface area contributed by atoms with E-state index in [1.807, 2.05) is 24.3 Å². The summed E-state index contributed by atoms with van der Waals surface area (Å²) in [6, 6.07) is 12.1. The molecule has 148 valence electrons. The summed E-state index contributed by atoms with van der Waals surface area (Å²) in [5.74, 6) is 1.34. The second-order valence-corrected chi connectivity index (χ2v) is 5.70. The maximum Gasteiger partial charge on any atom is 0.387 e. The fraction of sp³-hybridized carbons (Fsp3) is 0.278. The van der Waals surface area contributed by atoms with Gasteiger partial charge in [-0.25, -0.2) is 0 Å². The van der Waals surface area contributed by atoms with Crippen LogP contribution in [0.25, 0.3) is 0 Å². The van der Waals surface area contributed by atoms with Crippen molar-refractivity contribution in [3.8, 4) is 11.5 Å². The number of halogens is 4. The Bertz CT molecular complexity index is 763. The van der Waals surface area contributed by atoms with Crippen LogP contribution in [0.3, 0.4) is 0 Å². The predicted octanol–water partition coefficient (Wildman–Crippen LogP) is 4.43. The molecular weight excluding hydrogens is 491 g/mol. The Morgan fingerprint density at radius 2 is 1.89 bits per heavy atom. The summed E-state index contributed by atoms with van der Waals surface area (Å²) < 4.78 is 34.7. The van der Waals surface area contributed by atoms with Gasteiger partial charge in [-0.05, 0) is 35.9 Å². The van der Waals surface area contributed by atoms with E-state index in [0.717, 1.165) is 11.3 Å². The zero-order valence-corrected chi connectivity index (χ0v) is 17.9. The molecule has 0 aliphatic rings. The molecule has 2 N–H and O–H groups in total. The van der Waals surface area contributed by atoms with Crippen LogP contribution >= 0.6 is 35.6 Å². The van der Waals surface area contributed by atoms with E-state index in [1.165, 1.54) is 12.1 Å². The molecule has 2 rings (SSSR count). The van der Waals surface area contributed by atoms with Gasteiger partial charge in [0.25, 0.3) is 0 Å². The maximum absolute atomic E-state index is 12.5. The third kappa shape index (κ3) is 7.76. The number of methoxy groups -OCH3 is 1. The fourth-order valence-electron chi connectivity index (χ4n) is 2.26. The lowest BCUT2D eigenvalue weighted by Crippen LogP contribution is -2.36. The Morgan fingerprint density at radius 1 is 1.15 bits per heavy atom. The van der Waals surface area contributed by atoms with Gasteiger partial charge >= 0.3 is 6.61 Å². The first-order chi connectivity index (χ1) is 12.5. The molecule has 0 radical (unpaired) electrons. The monoisotopic (exact) mass is 511 g/mol. The van der Waals surface area contributed by atoms with Gasteiger partial charge in [0.15, 0.2) is 5.96 Å². The molecule has 0 amide bonds. The summed E-state index contributed by atoms with van der Waals surface area (Å²) in [5, 5.41) is 6.63. The number of alkyl halides is 2. The molecular formula is C18H21ClF2IN3O2. The molecule has 0 aliphatic heterocycles.